The van der Waals surface area contributed by atoms with Crippen LogP contribution in [-0.2, 0) is 4.79 Å². The number of Topliss-reactive ketones (excluding diaryl/α,β-unsaturated/α-hetero) is 1. The van der Waals surface area contributed by atoms with Crippen molar-refractivity contribution in [2.75, 3.05) is 6.61 Å². The van der Waals surface area contributed by atoms with Crippen LogP contribution in [0, 0.1) is 10.1 Å². The molecule has 0 amide bonds. The predicted octanol–water partition coefficient (Wildman–Crippen LogP) is 4.04. The van der Waals surface area contributed by atoms with Gasteiger partial charge in [-0.2, -0.15) is 0 Å². The first-order valence-corrected chi connectivity index (χ1v) is 6.43. The molecule has 5 nitrogen and oxygen atoms in total. The van der Waals surface area contributed by atoms with E-state index in [9.17, 15) is 14.9 Å². The van der Waals surface area contributed by atoms with Crippen LogP contribution in [0.15, 0.2) is 12.1 Å². The van der Waals surface area contributed by atoms with Crippen molar-refractivity contribution in [2.45, 2.75) is 26.2 Å². The highest BCUT2D eigenvalue weighted by molar-refractivity contribution is 6.42. The van der Waals surface area contributed by atoms with Crippen LogP contribution in [0.4, 0.5) is 5.69 Å². The predicted molar refractivity (Wildman–Crippen MR) is 73.1 cm³/mol. The summed E-state index contributed by atoms with van der Waals surface area (Å²) in [7, 11) is 0. The maximum absolute atomic E-state index is 10.8. The van der Waals surface area contributed by atoms with Crippen molar-refractivity contribution in [3.63, 3.8) is 0 Å². The Balaban J connectivity index is 2.64. The highest BCUT2D eigenvalue weighted by Crippen LogP contribution is 2.35. The molecule has 0 aliphatic heterocycles. The number of carbonyl (C=O) groups excluding carboxylic acids is 1. The molecule has 0 N–H and O–H groups in total. The minimum Gasteiger partial charge on any atom is -0.487 e. The first-order valence-electron chi connectivity index (χ1n) is 5.67. The average molecular weight is 306 g/mol. The van der Waals surface area contributed by atoms with Crippen molar-refractivity contribution < 1.29 is 14.5 Å². The summed E-state index contributed by atoms with van der Waals surface area (Å²) >= 11 is 11.5. The molecule has 0 aliphatic rings. The van der Waals surface area contributed by atoms with Gasteiger partial charge in [0, 0.05) is 18.6 Å². The van der Waals surface area contributed by atoms with Crippen molar-refractivity contribution in [3.8, 4) is 5.75 Å². The number of hydrogen-bond acceptors (Lipinski definition) is 4. The van der Waals surface area contributed by atoms with E-state index in [1.54, 1.807) is 0 Å². The fourth-order valence-corrected chi connectivity index (χ4v) is 1.75. The molecule has 0 spiro atoms. The second kappa shape index (κ2) is 7.31. The van der Waals surface area contributed by atoms with Crippen LogP contribution >= 0.6 is 23.2 Å². The number of nitrogens with zero attached hydrogens (tertiary/aromatic N) is 1. The summed E-state index contributed by atoms with van der Waals surface area (Å²) in [6, 6.07) is 2.49. The van der Waals surface area contributed by atoms with Crippen LogP contribution < -0.4 is 4.74 Å². The number of benzene rings is 1. The van der Waals surface area contributed by atoms with E-state index < -0.39 is 4.92 Å². The van der Waals surface area contributed by atoms with E-state index in [0.717, 1.165) is 6.07 Å². The summed E-state index contributed by atoms with van der Waals surface area (Å²) in [6.07, 6.45) is 1.80. The maximum Gasteiger partial charge on any atom is 0.312 e. The lowest BCUT2D eigenvalue weighted by Gasteiger charge is -2.07. The van der Waals surface area contributed by atoms with Gasteiger partial charge in [0.15, 0.2) is 5.75 Å². The Morgan fingerprint density at radius 1 is 1.32 bits per heavy atom. The van der Waals surface area contributed by atoms with Crippen molar-refractivity contribution in [1.82, 2.24) is 0 Å². The Kier molecular flexibility index (Phi) is 6.05. The topological polar surface area (TPSA) is 69.4 Å². The molecule has 1 rings (SSSR count). The van der Waals surface area contributed by atoms with Gasteiger partial charge in [0.25, 0.3) is 0 Å². The third-order valence-electron chi connectivity index (χ3n) is 2.38. The molecule has 0 heterocycles. The van der Waals surface area contributed by atoms with Gasteiger partial charge in [0.2, 0.25) is 0 Å². The Hall–Kier alpha value is -1.33. The molecule has 7 heteroatoms. The second-order valence-corrected chi connectivity index (χ2v) is 4.81. The SMILES string of the molecule is CC(=O)CCCCOc1cc(Cl)c(Cl)cc1[N+](=O)[O-]. The molecule has 0 atom stereocenters. The molecule has 0 aromatic heterocycles. The highest BCUT2D eigenvalue weighted by Gasteiger charge is 2.18. The number of ketones is 1. The molecular weight excluding hydrogens is 293 g/mol. The molecule has 104 valence electrons. The average Bonchev–Trinajstić information content (AvgIpc) is 2.32. The Morgan fingerprint density at radius 2 is 1.95 bits per heavy atom. The number of nitro benzene ring substituents is 1. The fraction of sp³-hybridized carbons (Fsp3) is 0.417. The van der Waals surface area contributed by atoms with Crippen LogP contribution in [0.3, 0.4) is 0 Å². The van der Waals surface area contributed by atoms with Gasteiger partial charge in [0.1, 0.15) is 5.78 Å². The Bertz CT molecular complexity index is 491. The van der Waals surface area contributed by atoms with Gasteiger partial charge in [-0.3, -0.25) is 10.1 Å². The maximum atomic E-state index is 10.8. The number of halogens is 2. The largest absolute Gasteiger partial charge is 0.487 e. The van der Waals surface area contributed by atoms with Gasteiger partial charge in [0.05, 0.1) is 21.6 Å². The van der Waals surface area contributed by atoms with E-state index in [1.807, 2.05) is 0 Å². The lowest BCUT2D eigenvalue weighted by molar-refractivity contribution is -0.385. The summed E-state index contributed by atoms with van der Waals surface area (Å²) in [5.74, 6) is 0.197. The van der Waals surface area contributed by atoms with Gasteiger partial charge in [-0.25, -0.2) is 0 Å². The summed E-state index contributed by atoms with van der Waals surface area (Å²) in [4.78, 5) is 21.0. The highest BCUT2D eigenvalue weighted by atomic mass is 35.5. The number of hydrogen-bond donors (Lipinski definition) is 0. The van der Waals surface area contributed by atoms with E-state index >= 15 is 0 Å². The van der Waals surface area contributed by atoms with Gasteiger partial charge in [-0.1, -0.05) is 23.2 Å². The molecule has 0 fully saturated rings. The molecule has 1 aromatic rings. The summed E-state index contributed by atoms with van der Waals surface area (Å²) in [5.41, 5.74) is -0.221. The molecule has 0 aliphatic carbocycles. The minimum atomic E-state index is -0.576. The first kappa shape index (κ1) is 15.7. The zero-order valence-corrected chi connectivity index (χ0v) is 11.8. The summed E-state index contributed by atoms with van der Waals surface area (Å²) in [5, 5.41) is 11.2. The fourth-order valence-electron chi connectivity index (χ4n) is 1.43. The number of ether oxygens (including phenoxy) is 1. The quantitative estimate of drug-likeness (QED) is 0.433. The van der Waals surface area contributed by atoms with Gasteiger partial charge in [-0.05, 0) is 19.8 Å². The normalized spacial score (nSPS) is 10.3. The first-order chi connectivity index (χ1) is 8.91. The molecule has 1 aromatic carbocycles. The summed E-state index contributed by atoms with van der Waals surface area (Å²) in [6.45, 7) is 1.80. The second-order valence-electron chi connectivity index (χ2n) is 4.00. The Morgan fingerprint density at radius 3 is 2.53 bits per heavy atom. The van der Waals surface area contributed by atoms with Crippen molar-refractivity contribution >= 4 is 34.7 Å². The Labute approximate surface area is 120 Å². The molecule has 0 saturated carbocycles. The van der Waals surface area contributed by atoms with E-state index in [2.05, 4.69) is 0 Å². The number of carbonyl (C=O) groups is 1. The number of rotatable bonds is 7. The third kappa shape index (κ3) is 5.04. The van der Waals surface area contributed by atoms with Crippen molar-refractivity contribution in [2.24, 2.45) is 0 Å². The van der Waals surface area contributed by atoms with Crippen LogP contribution in [0.25, 0.3) is 0 Å². The van der Waals surface area contributed by atoms with Gasteiger partial charge in [-0.15, -0.1) is 0 Å². The van der Waals surface area contributed by atoms with E-state index in [0.29, 0.717) is 19.3 Å². The van der Waals surface area contributed by atoms with E-state index in [4.69, 9.17) is 27.9 Å². The van der Waals surface area contributed by atoms with E-state index in [1.165, 1.54) is 13.0 Å². The van der Waals surface area contributed by atoms with Crippen LogP contribution in [-0.4, -0.2) is 17.3 Å². The molecule has 19 heavy (non-hydrogen) atoms. The van der Waals surface area contributed by atoms with Crippen LogP contribution in [0.5, 0.6) is 5.75 Å². The third-order valence-corrected chi connectivity index (χ3v) is 3.10. The zero-order valence-electron chi connectivity index (χ0n) is 10.3. The van der Waals surface area contributed by atoms with Gasteiger partial charge < -0.3 is 9.53 Å². The molecule has 0 saturated heterocycles. The van der Waals surface area contributed by atoms with Crippen molar-refractivity contribution in [1.29, 1.82) is 0 Å². The smallest absolute Gasteiger partial charge is 0.312 e. The lowest BCUT2D eigenvalue weighted by Crippen LogP contribution is -2.02. The zero-order chi connectivity index (χ0) is 14.4. The number of unbranched alkanes of at least 4 members (excludes halogenated alkanes) is 1. The lowest BCUT2D eigenvalue weighted by atomic mass is 10.2. The van der Waals surface area contributed by atoms with Crippen LogP contribution in [0.2, 0.25) is 10.0 Å². The van der Waals surface area contributed by atoms with Gasteiger partial charge >= 0.3 is 5.69 Å². The molecular formula is C12H13Cl2NO4. The minimum absolute atomic E-state index is 0.0854. The molecule has 0 bridgehead atoms. The summed E-state index contributed by atoms with van der Waals surface area (Å²) < 4.78 is 5.32. The van der Waals surface area contributed by atoms with Crippen molar-refractivity contribution in [3.05, 3.63) is 32.3 Å². The number of nitro groups is 1. The van der Waals surface area contributed by atoms with E-state index in [-0.39, 0.29) is 33.9 Å². The standard InChI is InChI=1S/C12H13Cl2NO4/c1-8(16)4-2-3-5-19-12-7-10(14)9(13)6-11(12)15(17)18/h6-7H,2-5H2,1H3. The molecule has 0 radical (unpaired) electrons. The molecule has 0 unspecified atom stereocenters. The van der Waals surface area contributed by atoms with Crippen LogP contribution in [0.1, 0.15) is 26.2 Å². The monoisotopic (exact) mass is 305 g/mol.